The zero-order valence-electron chi connectivity index (χ0n) is 21.8. The van der Waals surface area contributed by atoms with Gasteiger partial charge < -0.3 is 37.5 Å². The van der Waals surface area contributed by atoms with Crippen molar-refractivity contribution in [2.75, 3.05) is 6.54 Å². The summed E-state index contributed by atoms with van der Waals surface area (Å²) in [5.74, 6) is -3.01. The van der Waals surface area contributed by atoms with Gasteiger partial charge in [-0.3, -0.25) is 14.4 Å². The highest BCUT2D eigenvalue weighted by atomic mass is 16.4. The second-order valence-electron chi connectivity index (χ2n) is 9.63. The lowest BCUT2D eigenvalue weighted by molar-refractivity contribution is -0.142. The monoisotopic (exact) mass is 509 g/mol. The summed E-state index contributed by atoms with van der Waals surface area (Å²) in [4.78, 5) is 57.5. The summed E-state index contributed by atoms with van der Waals surface area (Å²) < 4.78 is 0. The van der Waals surface area contributed by atoms with Crippen LogP contribution in [-0.2, 0) is 25.6 Å². The number of carbonyl (C=O) groups is 4. The van der Waals surface area contributed by atoms with Crippen LogP contribution >= 0.6 is 0 Å². The fraction of sp³-hybridized carbons (Fsp3) is 0.708. The number of aliphatic carboxylic acids is 1. The highest BCUT2D eigenvalue weighted by Gasteiger charge is 2.32. The first-order valence-corrected chi connectivity index (χ1v) is 12.6. The lowest BCUT2D eigenvalue weighted by Gasteiger charge is -2.28. The van der Waals surface area contributed by atoms with Crippen LogP contribution in [0.1, 0.15) is 65.5 Å². The quantitative estimate of drug-likeness (QED) is 0.142. The zero-order valence-corrected chi connectivity index (χ0v) is 21.8. The molecule has 1 aromatic heterocycles. The number of H-pyrrole nitrogens is 1. The minimum absolute atomic E-state index is 0.0334. The van der Waals surface area contributed by atoms with E-state index in [-0.39, 0.29) is 24.7 Å². The molecule has 36 heavy (non-hydrogen) atoms. The van der Waals surface area contributed by atoms with Crippen LogP contribution in [0, 0.1) is 11.8 Å². The molecule has 3 amide bonds. The van der Waals surface area contributed by atoms with Crippen molar-refractivity contribution in [1.29, 1.82) is 0 Å². The van der Waals surface area contributed by atoms with Crippen LogP contribution in [0.15, 0.2) is 12.5 Å². The van der Waals surface area contributed by atoms with E-state index in [1.165, 1.54) is 12.5 Å². The van der Waals surface area contributed by atoms with E-state index < -0.39 is 47.9 Å². The standard InChI is InChI=1S/C24H43N7O5/c1-5-15(4)20(31-21(32)17(26)8-6-7-9-25)23(34)29-18(11-16-12-27-13-28-16)22(33)30-19(24(35)36)10-14(2)3/h12-15,17-20H,5-11,25-26H2,1-4H3,(H,27,28)(H,29,34)(H,30,33)(H,31,32)(H,35,36). The number of aromatic amines is 1. The topological polar surface area (TPSA) is 205 Å². The molecule has 0 aliphatic carbocycles. The van der Waals surface area contributed by atoms with Gasteiger partial charge in [0, 0.05) is 18.3 Å². The third-order valence-electron chi connectivity index (χ3n) is 6.03. The molecule has 0 aliphatic rings. The number of carbonyl (C=O) groups excluding carboxylic acids is 3. The van der Waals surface area contributed by atoms with E-state index in [1.807, 2.05) is 27.7 Å². The van der Waals surface area contributed by atoms with E-state index in [9.17, 15) is 24.3 Å². The van der Waals surface area contributed by atoms with Crippen molar-refractivity contribution in [3.8, 4) is 0 Å². The number of nitrogens with one attached hydrogen (secondary N) is 4. The third kappa shape index (κ3) is 10.7. The fourth-order valence-corrected chi connectivity index (χ4v) is 3.65. The summed E-state index contributed by atoms with van der Waals surface area (Å²) in [6.07, 6.45) is 5.73. The molecule has 12 heteroatoms. The van der Waals surface area contributed by atoms with Gasteiger partial charge in [0.2, 0.25) is 17.7 Å². The first kappa shape index (κ1) is 31.0. The minimum atomic E-state index is -1.16. The maximum atomic E-state index is 13.3. The van der Waals surface area contributed by atoms with E-state index in [1.54, 1.807) is 0 Å². The van der Waals surface area contributed by atoms with Gasteiger partial charge in [0.05, 0.1) is 12.4 Å². The van der Waals surface area contributed by atoms with Crippen LogP contribution in [-0.4, -0.2) is 69.5 Å². The van der Waals surface area contributed by atoms with E-state index >= 15 is 0 Å². The van der Waals surface area contributed by atoms with Crippen molar-refractivity contribution in [2.45, 2.75) is 90.4 Å². The second kappa shape index (κ2) is 15.9. The van der Waals surface area contributed by atoms with Crippen molar-refractivity contribution in [3.05, 3.63) is 18.2 Å². The Kier molecular flexibility index (Phi) is 13.7. The molecule has 0 saturated heterocycles. The summed E-state index contributed by atoms with van der Waals surface area (Å²) in [6.45, 7) is 7.91. The molecular weight excluding hydrogens is 466 g/mol. The van der Waals surface area contributed by atoms with Crippen molar-refractivity contribution >= 4 is 23.7 Å². The van der Waals surface area contributed by atoms with Crippen LogP contribution in [0.5, 0.6) is 0 Å². The second-order valence-corrected chi connectivity index (χ2v) is 9.63. The number of nitrogens with zero attached hydrogens (tertiary/aromatic N) is 1. The molecule has 0 aromatic carbocycles. The van der Waals surface area contributed by atoms with Gasteiger partial charge in [-0.2, -0.15) is 0 Å². The van der Waals surface area contributed by atoms with Crippen LogP contribution < -0.4 is 27.4 Å². The Morgan fingerprint density at radius 3 is 2.22 bits per heavy atom. The van der Waals surface area contributed by atoms with Gasteiger partial charge in [0.15, 0.2) is 0 Å². The molecular formula is C24H43N7O5. The first-order valence-electron chi connectivity index (χ1n) is 12.6. The largest absolute Gasteiger partial charge is 0.480 e. The Morgan fingerprint density at radius 1 is 1.03 bits per heavy atom. The average Bonchev–Trinajstić information content (AvgIpc) is 3.33. The van der Waals surface area contributed by atoms with Gasteiger partial charge in [-0.25, -0.2) is 9.78 Å². The fourth-order valence-electron chi connectivity index (χ4n) is 3.65. The SMILES string of the molecule is CCC(C)C(NC(=O)C(N)CCCCN)C(=O)NC(Cc1cnc[nH]1)C(=O)NC(CC(C)C)C(=O)O. The van der Waals surface area contributed by atoms with Gasteiger partial charge in [0.1, 0.15) is 18.1 Å². The van der Waals surface area contributed by atoms with E-state index in [0.717, 1.165) is 6.42 Å². The highest BCUT2D eigenvalue weighted by Crippen LogP contribution is 2.11. The van der Waals surface area contributed by atoms with Crippen LogP contribution in [0.4, 0.5) is 0 Å². The normalized spacial score (nSPS) is 15.4. The summed E-state index contributed by atoms with van der Waals surface area (Å²) >= 11 is 0. The lowest BCUT2D eigenvalue weighted by Crippen LogP contribution is -2.59. The first-order chi connectivity index (χ1) is 17.0. The van der Waals surface area contributed by atoms with Crippen LogP contribution in [0.25, 0.3) is 0 Å². The number of rotatable bonds is 17. The van der Waals surface area contributed by atoms with Gasteiger partial charge in [-0.15, -0.1) is 0 Å². The lowest BCUT2D eigenvalue weighted by atomic mass is 9.96. The van der Waals surface area contributed by atoms with Crippen molar-refractivity contribution < 1.29 is 24.3 Å². The number of hydrogen-bond acceptors (Lipinski definition) is 7. The summed E-state index contributed by atoms with van der Waals surface area (Å²) in [7, 11) is 0. The molecule has 1 rings (SSSR count). The Balaban J connectivity index is 3.04. The molecule has 9 N–H and O–H groups in total. The molecule has 5 atom stereocenters. The number of amides is 3. The molecule has 1 aromatic rings. The Morgan fingerprint density at radius 2 is 1.69 bits per heavy atom. The van der Waals surface area contributed by atoms with Crippen LogP contribution in [0.2, 0.25) is 0 Å². The smallest absolute Gasteiger partial charge is 0.326 e. The van der Waals surface area contributed by atoms with Crippen molar-refractivity contribution in [2.24, 2.45) is 23.3 Å². The molecule has 12 nitrogen and oxygen atoms in total. The minimum Gasteiger partial charge on any atom is -0.480 e. The maximum Gasteiger partial charge on any atom is 0.326 e. The molecule has 1 heterocycles. The van der Waals surface area contributed by atoms with Gasteiger partial charge >= 0.3 is 5.97 Å². The number of aromatic nitrogens is 2. The number of nitrogens with two attached hydrogens (primary N) is 2. The number of hydrogen-bond donors (Lipinski definition) is 7. The Labute approximate surface area is 212 Å². The van der Waals surface area contributed by atoms with E-state index in [2.05, 4.69) is 25.9 Å². The van der Waals surface area contributed by atoms with Crippen LogP contribution in [0.3, 0.4) is 0 Å². The highest BCUT2D eigenvalue weighted by molar-refractivity contribution is 5.94. The average molecular weight is 510 g/mol. The van der Waals surface area contributed by atoms with Gasteiger partial charge in [-0.1, -0.05) is 40.5 Å². The van der Waals surface area contributed by atoms with E-state index in [0.29, 0.717) is 31.5 Å². The van der Waals surface area contributed by atoms with Crippen molar-refractivity contribution in [3.63, 3.8) is 0 Å². The molecule has 0 radical (unpaired) electrons. The predicted octanol–water partition coefficient (Wildman–Crippen LogP) is 0.0397. The molecule has 0 bridgehead atoms. The molecule has 0 saturated carbocycles. The Bertz CT molecular complexity index is 831. The van der Waals surface area contributed by atoms with Gasteiger partial charge in [-0.05, 0) is 37.6 Å². The Hall–Kier alpha value is -2.99. The number of imidazole rings is 1. The zero-order chi connectivity index (χ0) is 27.3. The predicted molar refractivity (Wildman–Crippen MR) is 136 cm³/mol. The molecule has 0 spiro atoms. The van der Waals surface area contributed by atoms with Gasteiger partial charge in [0.25, 0.3) is 0 Å². The summed E-state index contributed by atoms with van der Waals surface area (Å²) in [5.41, 5.74) is 12.1. The summed E-state index contributed by atoms with van der Waals surface area (Å²) in [6, 6.07) is -3.90. The third-order valence-corrected chi connectivity index (χ3v) is 6.03. The van der Waals surface area contributed by atoms with Crippen molar-refractivity contribution in [1.82, 2.24) is 25.9 Å². The molecule has 0 aliphatic heterocycles. The number of unbranched alkanes of at least 4 members (excludes halogenated alkanes) is 1. The maximum absolute atomic E-state index is 13.3. The molecule has 5 unspecified atom stereocenters. The number of carboxylic acid groups (broad SMARTS) is 1. The number of carboxylic acids is 1. The van der Waals surface area contributed by atoms with E-state index in [4.69, 9.17) is 11.5 Å². The molecule has 204 valence electrons. The molecule has 0 fully saturated rings. The summed E-state index contributed by atoms with van der Waals surface area (Å²) in [5, 5.41) is 17.5.